The van der Waals surface area contributed by atoms with Crippen LogP contribution < -0.4 is 0 Å². The number of amides is 1. The molecule has 2 aliphatic heterocycles. The summed E-state index contributed by atoms with van der Waals surface area (Å²) in [7, 11) is 0. The summed E-state index contributed by atoms with van der Waals surface area (Å²) in [5, 5.41) is 0. The minimum absolute atomic E-state index is 0.0983. The summed E-state index contributed by atoms with van der Waals surface area (Å²) in [4.78, 5) is 17.5. The predicted molar refractivity (Wildman–Crippen MR) is 111 cm³/mol. The summed E-state index contributed by atoms with van der Waals surface area (Å²) < 4.78 is 5.99. The number of nitrogens with zero attached hydrogens (tertiary/aromatic N) is 2. The molecule has 0 unspecified atom stereocenters. The lowest BCUT2D eigenvalue weighted by atomic mass is 9.87. The second-order valence-electron chi connectivity index (χ2n) is 8.47. The third-order valence-electron chi connectivity index (χ3n) is 6.28. The molecular formula is C24H30N2O2. The van der Waals surface area contributed by atoms with Gasteiger partial charge in [0.1, 0.15) is 0 Å². The van der Waals surface area contributed by atoms with Crippen molar-refractivity contribution in [2.75, 3.05) is 32.8 Å². The molecule has 0 aromatic heterocycles. The van der Waals surface area contributed by atoms with Crippen LogP contribution in [0.15, 0.2) is 54.6 Å². The first-order valence-electron chi connectivity index (χ1n) is 10.3. The third kappa shape index (κ3) is 3.98. The van der Waals surface area contributed by atoms with Crippen LogP contribution in [-0.4, -0.2) is 48.6 Å². The fraction of sp³-hybridized carbons (Fsp3) is 0.458. The lowest BCUT2D eigenvalue weighted by molar-refractivity contribution is -0.129. The van der Waals surface area contributed by atoms with Gasteiger partial charge in [0.15, 0.2) is 0 Å². The van der Waals surface area contributed by atoms with E-state index >= 15 is 0 Å². The fourth-order valence-electron chi connectivity index (χ4n) is 4.64. The van der Waals surface area contributed by atoms with Crippen molar-refractivity contribution in [3.63, 3.8) is 0 Å². The van der Waals surface area contributed by atoms with Gasteiger partial charge in [0, 0.05) is 38.0 Å². The van der Waals surface area contributed by atoms with E-state index in [1.807, 2.05) is 18.2 Å². The predicted octanol–water partition coefficient (Wildman–Crippen LogP) is 3.81. The molecule has 2 heterocycles. The van der Waals surface area contributed by atoms with Gasteiger partial charge in [0.25, 0.3) is 0 Å². The smallest absolute Gasteiger partial charge is 0.223 e. The summed E-state index contributed by atoms with van der Waals surface area (Å²) in [6.45, 7) is 9.21. The highest BCUT2D eigenvalue weighted by Crippen LogP contribution is 2.38. The number of carbonyl (C=O) groups excluding carboxylic acids is 1. The highest BCUT2D eigenvalue weighted by Gasteiger charge is 2.46. The molecule has 4 nitrogen and oxygen atoms in total. The lowest BCUT2D eigenvalue weighted by Crippen LogP contribution is -2.41. The summed E-state index contributed by atoms with van der Waals surface area (Å²) in [5.41, 5.74) is 3.76. The van der Waals surface area contributed by atoms with Crippen molar-refractivity contribution in [1.82, 2.24) is 9.80 Å². The first-order chi connectivity index (χ1) is 13.6. The first kappa shape index (κ1) is 19.2. The van der Waals surface area contributed by atoms with Crippen molar-refractivity contribution in [2.24, 2.45) is 5.41 Å². The Morgan fingerprint density at radius 2 is 1.82 bits per heavy atom. The molecular weight excluding hydrogens is 348 g/mol. The number of benzene rings is 2. The maximum absolute atomic E-state index is 12.9. The van der Waals surface area contributed by atoms with Crippen molar-refractivity contribution in [3.05, 3.63) is 71.3 Å². The number of hydrogen-bond acceptors (Lipinski definition) is 3. The number of ether oxygens (including phenoxy) is 1. The van der Waals surface area contributed by atoms with Gasteiger partial charge in [-0.2, -0.15) is 0 Å². The second-order valence-corrected chi connectivity index (χ2v) is 8.47. The Bertz CT molecular complexity index is 822. The Morgan fingerprint density at radius 3 is 2.61 bits per heavy atom. The molecule has 28 heavy (non-hydrogen) atoms. The zero-order valence-corrected chi connectivity index (χ0v) is 16.9. The highest BCUT2D eigenvalue weighted by atomic mass is 16.5. The van der Waals surface area contributed by atoms with Gasteiger partial charge < -0.3 is 9.64 Å². The molecule has 2 atom stereocenters. The van der Waals surface area contributed by atoms with Crippen molar-refractivity contribution < 1.29 is 9.53 Å². The van der Waals surface area contributed by atoms with Crippen molar-refractivity contribution in [1.29, 1.82) is 0 Å². The zero-order chi connectivity index (χ0) is 19.6. The molecule has 0 N–H and O–H groups in total. The van der Waals surface area contributed by atoms with Crippen LogP contribution in [-0.2, 0) is 16.1 Å². The number of rotatable bonds is 4. The van der Waals surface area contributed by atoms with Gasteiger partial charge in [-0.15, -0.1) is 0 Å². The Kier molecular flexibility index (Phi) is 5.51. The average Bonchev–Trinajstić information content (AvgIpc) is 2.89. The molecule has 0 radical (unpaired) electrons. The van der Waals surface area contributed by atoms with E-state index in [2.05, 4.69) is 60.0 Å². The molecule has 2 saturated heterocycles. The van der Waals surface area contributed by atoms with Gasteiger partial charge in [-0.05, 0) is 30.5 Å². The number of carbonyl (C=O) groups is 1. The van der Waals surface area contributed by atoms with Crippen molar-refractivity contribution in [3.8, 4) is 0 Å². The summed E-state index contributed by atoms with van der Waals surface area (Å²) >= 11 is 0. The number of aryl methyl sites for hydroxylation is 1. The molecule has 0 aliphatic carbocycles. The van der Waals surface area contributed by atoms with Gasteiger partial charge in [-0.3, -0.25) is 9.69 Å². The minimum atomic E-state index is -0.112. The second kappa shape index (κ2) is 8.06. The topological polar surface area (TPSA) is 32.8 Å². The first-order valence-corrected chi connectivity index (χ1v) is 10.3. The van der Waals surface area contributed by atoms with E-state index in [-0.39, 0.29) is 17.4 Å². The third-order valence-corrected chi connectivity index (χ3v) is 6.28. The van der Waals surface area contributed by atoms with Gasteiger partial charge in [0.2, 0.25) is 5.91 Å². The van der Waals surface area contributed by atoms with E-state index in [0.29, 0.717) is 13.0 Å². The summed E-state index contributed by atoms with van der Waals surface area (Å²) in [5.74, 6) is 0.248. The number of hydrogen-bond donors (Lipinski definition) is 0. The van der Waals surface area contributed by atoms with Crippen molar-refractivity contribution >= 4 is 5.91 Å². The molecule has 1 spiro atoms. The van der Waals surface area contributed by atoms with E-state index < -0.39 is 0 Å². The Morgan fingerprint density at radius 1 is 1.07 bits per heavy atom. The number of likely N-dealkylation sites (tertiary alicyclic amines) is 1. The van der Waals surface area contributed by atoms with Crippen LogP contribution in [0.5, 0.6) is 0 Å². The quantitative estimate of drug-likeness (QED) is 0.811. The van der Waals surface area contributed by atoms with Crippen LogP contribution in [0.25, 0.3) is 0 Å². The molecule has 1 amide bonds. The fourth-order valence-corrected chi connectivity index (χ4v) is 4.64. The average molecular weight is 379 g/mol. The molecule has 2 aromatic rings. The maximum Gasteiger partial charge on any atom is 0.223 e. The standard InChI is InChI=1S/C24H30N2O2/c1-19-8-6-7-11-22(19)15-25-12-13-28-18-24(16-25)14-23(27)26(17-24)20(2)21-9-4-3-5-10-21/h3-11,20H,12-18H2,1-2H3/t20-,24-/m0/s1. The van der Waals surface area contributed by atoms with Crippen LogP contribution in [0.2, 0.25) is 0 Å². The molecule has 4 rings (SSSR count). The van der Waals surface area contributed by atoms with Crippen LogP contribution in [0, 0.1) is 12.3 Å². The Labute approximate surface area is 168 Å². The highest BCUT2D eigenvalue weighted by molar-refractivity contribution is 5.80. The molecule has 148 valence electrons. The van der Waals surface area contributed by atoms with E-state index in [9.17, 15) is 4.79 Å². The zero-order valence-electron chi connectivity index (χ0n) is 16.9. The van der Waals surface area contributed by atoms with Gasteiger partial charge in [-0.25, -0.2) is 0 Å². The Balaban J connectivity index is 1.50. The van der Waals surface area contributed by atoms with Crippen molar-refractivity contribution in [2.45, 2.75) is 32.9 Å². The largest absolute Gasteiger partial charge is 0.379 e. The molecule has 2 fully saturated rings. The van der Waals surface area contributed by atoms with E-state index in [1.54, 1.807) is 0 Å². The normalized spacial score (nSPS) is 24.5. The lowest BCUT2D eigenvalue weighted by Gasteiger charge is -2.33. The van der Waals surface area contributed by atoms with E-state index in [1.165, 1.54) is 16.7 Å². The van der Waals surface area contributed by atoms with Gasteiger partial charge in [-0.1, -0.05) is 54.6 Å². The van der Waals surface area contributed by atoms with Gasteiger partial charge >= 0.3 is 0 Å². The Hall–Kier alpha value is -2.17. The van der Waals surface area contributed by atoms with E-state index in [0.717, 1.165) is 32.8 Å². The van der Waals surface area contributed by atoms with Crippen LogP contribution >= 0.6 is 0 Å². The molecule has 2 aliphatic rings. The molecule has 4 heteroatoms. The molecule has 0 bridgehead atoms. The van der Waals surface area contributed by atoms with Crippen LogP contribution in [0.4, 0.5) is 0 Å². The van der Waals surface area contributed by atoms with Crippen LogP contribution in [0.3, 0.4) is 0 Å². The SMILES string of the molecule is Cc1ccccc1CN1CCOC[C@@]2(CC(=O)N([C@@H](C)c3ccccc3)C2)C1. The van der Waals surface area contributed by atoms with E-state index in [4.69, 9.17) is 4.74 Å². The molecule has 2 aromatic carbocycles. The monoisotopic (exact) mass is 378 g/mol. The van der Waals surface area contributed by atoms with Gasteiger partial charge in [0.05, 0.1) is 19.3 Å². The summed E-state index contributed by atoms with van der Waals surface area (Å²) in [6, 6.07) is 19.0. The molecule has 0 saturated carbocycles. The van der Waals surface area contributed by atoms with Crippen LogP contribution in [0.1, 0.15) is 36.1 Å². The summed E-state index contributed by atoms with van der Waals surface area (Å²) in [6.07, 6.45) is 0.578. The maximum atomic E-state index is 12.9. The minimum Gasteiger partial charge on any atom is -0.379 e.